The summed E-state index contributed by atoms with van der Waals surface area (Å²) in [5, 5.41) is 49.1. The summed E-state index contributed by atoms with van der Waals surface area (Å²) in [6.07, 6.45) is 0. The summed E-state index contributed by atoms with van der Waals surface area (Å²) in [7, 11) is 4.68. The molecule has 2 unspecified atom stereocenters. The number of aromatic carboxylic acids is 2. The summed E-state index contributed by atoms with van der Waals surface area (Å²) in [5.41, 5.74) is 7.19. The quantitative estimate of drug-likeness (QED) is 0.191. The van der Waals surface area contributed by atoms with E-state index in [1.165, 1.54) is 0 Å². The molecule has 57 heavy (non-hydrogen) atoms. The molecule has 2 aromatic heterocycles. The zero-order valence-corrected chi connectivity index (χ0v) is 36.3. The van der Waals surface area contributed by atoms with Crippen LogP contribution in [0.4, 0.5) is 10.0 Å². The van der Waals surface area contributed by atoms with Crippen LogP contribution in [0.5, 0.6) is 0 Å². The molecule has 0 spiro atoms. The zero-order chi connectivity index (χ0) is 41.3. The molecule has 4 heterocycles. The molecule has 2 atom stereocenters. The van der Waals surface area contributed by atoms with Crippen LogP contribution in [0.3, 0.4) is 0 Å². The van der Waals surface area contributed by atoms with Crippen molar-refractivity contribution in [1.29, 1.82) is 10.5 Å². The first-order valence-electron chi connectivity index (χ1n) is 16.9. The number of quaternary nitrogens is 1. The van der Waals surface area contributed by atoms with E-state index >= 15 is 0 Å². The van der Waals surface area contributed by atoms with Crippen LogP contribution < -0.4 is 27.9 Å². The molecule has 13 nitrogen and oxygen atoms in total. The van der Waals surface area contributed by atoms with E-state index < -0.39 is 24.0 Å². The largest absolute Gasteiger partial charge is 1.00 e. The SMILES string of the molecule is CN(C)C(c1ccc(Cl)c(Cl)c1)c1c(C(=O)O)sc(N2CCOCC2)c1C#N.CO.N#Cc1c(N2CCOCC2)sc(C(=O)O)c1C([NH3+])c1ccc(Cl)c(Cl)c1.[Cl-]. The molecule has 0 aliphatic carbocycles. The normalized spacial score (nSPS) is 14.8. The van der Waals surface area contributed by atoms with Crippen LogP contribution in [-0.4, -0.2) is 106 Å². The monoisotopic (exact) mass is 918 g/mol. The van der Waals surface area contributed by atoms with Gasteiger partial charge < -0.3 is 52.7 Å². The highest BCUT2D eigenvalue weighted by molar-refractivity contribution is 7.18. The zero-order valence-electron chi connectivity index (χ0n) is 30.9. The summed E-state index contributed by atoms with van der Waals surface area (Å²) in [6, 6.07) is 13.6. The van der Waals surface area contributed by atoms with Crippen molar-refractivity contribution in [3.8, 4) is 12.1 Å². The smallest absolute Gasteiger partial charge is 0.346 e. The molecule has 0 saturated carbocycles. The minimum absolute atomic E-state index is 0. The highest BCUT2D eigenvalue weighted by atomic mass is 35.5. The molecule has 20 heteroatoms. The minimum atomic E-state index is -1.07. The van der Waals surface area contributed by atoms with E-state index in [1.807, 2.05) is 28.8 Å². The Balaban J connectivity index is 0.000000288. The summed E-state index contributed by atoms with van der Waals surface area (Å²) < 4.78 is 10.7. The summed E-state index contributed by atoms with van der Waals surface area (Å²) >= 11 is 26.5. The molecule has 0 amide bonds. The van der Waals surface area contributed by atoms with Crippen molar-refractivity contribution in [3.63, 3.8) is 0 Å². The number of halogens is 5. The summed E-state index contributed by atoms with van der Waals surface area (Å²) in [6.45, 7) is 4.64. The van der Waals surface area contributed by atoms with Gasteiger partial charge in [0.25, 0.3) is 0 Å². The Morgan fingerprint density at radius 1 is 0.737 bits per heavy atom. The summed E-state index contributed by atoms with van der Waals surface area (Å²) in [5.74, 6) is -2.13. The van der Waals surface area contributed by atoms with Crippen molar-refractivity contribution in [2.75, 3.05) is 83.6 Å². The van der Waals surface area contributed by atoms with Gasteiger partial charge in [0.15, 0.2) is 0 Å². The number of morpholine rings is 2. The Kier molecular flexibility index (Phi) is 18.6. The van der Waals surface area contributed by atoms with E-state index in [1.54, 1.807) is 36.4 Å². The number of ether oxygens (including phenoxy) is 2. The van der Waals surface area contributed by atoms with Gasteiger partial charge in [-0.1, -0.05) is 58.5 Å². The second kappa shape index (κ2) is 22.1. The molecule has 306 valence electrons. The topological polar surface area (TPSA) is 198 Å². The number of aliphatic hydroxyl groups is 1. The van der Waals surface area contributed by atoms with Gasteiger partial charge >= 0.3 is 11.9 Å². The average molecular weight is 921 g/mol. The molecule has 6 N–H and O–H groups in total. The van der Waals surface area contributed by atoms with E-state index in [-0.39, 0.29) is 22.2 Å². The Morgan fingerprint density at radius 2 is 1.12 bits per heavy atom. The number of nitrogens with zero attached hydrogens (tertiary/aromatic N) is 5. The minimum Gasteiger partial charge on any atom is -1.00 e. The fourth-order valence-corrected chi connectivity index (χ4v) is 9.26. The third-order valence-electron chi connectivity index (χ3n) is 8.81. The number of carboxylic acid groups (broad SMARTS) is 2. The molecule has 2 saturated heterocycles. The fourth-order valence-electron chi connectivity index (χ4n) is 6.27. The van der Waals surface area contributed by atoms with E-state index in [0.717, 1.165) is 35.3 Å². The Morgan fingerprint density at radius 3 is 1.51 bits per heavy atom. The maximum atomic E-state index is 12.1. The van der Waals surface area contributed by atoms with E-state index in [9.17, 15) is 30.3 Å². The van der Waals surface area contributed by atoms with Crippen molar-refractivity contribution in [2.24, 2.45) is 0 Å². The van der Waals surface area contributed by atoms with Crippen LogP contribution in [0.25, 0.3) is 0 Å². The van der Waals surface area contributed by atoms with Crippen molar-refractivity contribution in [2.45, 2.75) is 12.1 Å². The molecule has 2 aliphatic heterocycles. The van der Waals surface area contributed by atoms with Gasteiger partial charge in [-0.15, -0.1) is 22.7 Å². The molecule has 2 aliphatic rings. The predicted octanol–water partition coefficient (Wildman–Crippen LogP) is 3.52. The second-order valence-electron chi connectivity index (χ2n) is 12.3. The third-order valence-corrected chi connectivity index (χ3v) is 12.8. The van der Waals surface area contributed by atoms with Gasteiger partial charge in [-0.2, -0.15) is 10.5 Å². The number of aliphatic hydroxyl groups excluding tert-OH is 1. The predicted molar refractivity (Wildman–Crippen MR) is 219 cm³/mol. The van der Waals surface area contributed by atoms with Crippen LogP contribution in [0, 0.1) is 22.7 Å². The lowest BCUT2D eigenvalue weighted by atomic mass is 9.94. The van der Waals surface area contributed by atoms with Crippen LogP contribution in [0.15, 0.2) is 36.4 Å². The first-order chi connectivity index (χ1) is 26.8. The van der Waals surface area contributed by atoms with Gasteiger partial charge in [-0.3, -0.25) is 4.90 Å². The average Bonchev–Trinajstić information content (AvgIpc) is 3.78. The highest BCUT2D eigenvalue weighted by Gasteiger charge is 2.34. The number of hydrogen-bond donors (Lipinski definition) is 4. The molecule has 2 aromatic carbocycles. The van der Waals surface area contributed by atoms with Gasteiger partial charge in [0.05, 0.1) is 69.3 Å². The Bertz CT molecular complexity index is 2130. The van der Waals surface area contributed by atoms with E-state index in [2.05, 4.69) is 17.9 Å². The first kappa shape index (κ1) is 48.0. The molecular weight excluding hydrogens is 882 g/mol. The highest BCUT2D eigenvalue weighted by Crippen LogP contribution is 2.44. The number of anilines is 2. The molecular formula is C37H39Cl5N6O7S2. The lowest BCUT2D eigenvalue weighted by Crippen LogP contribution is -3.00. The standard InChI is InChI=1S/C19H19Cl2N3O3S.C17H15Cl2N3O3S.CH4O.ClH/c1-23(2)16(11-3-4-13(20)14(21)9-11)15-12(10-22)18(28-17(15)19(25)26)24-5-7-27-8-6-24;18-11-2-1-9(7-12(11)19)14(21)13-10(8-20)16(26-15(13)17(23)24)22-3-5-25-6-4-22;1-2;/h3-4,9,16H,5-8H2,1-2H3,(H,25,26);1-2,7,14H,3-6,21H2,(H,23,24);2H,1H3;1H. The van der Waals surface area contributed by atoms with Gasteiger partial charge in [-0.05, 0) is 43.9 Å². The maximum Gasteiger partial charge on any atom is 0.346 e. The molecule has 2 fully saturated rings. The van der Waals surface area contributed by atoms with Crippen LogP contribution in [0.2, 0.25) is 20.1 Å². The maximum absolute atomic E-state index is 12.1. The number of nitriles is 2. The van der Waals surface area contributed by atoms with Crippen LogP contribution in [0.1, 0.15) is 64.8 Å². The molecule has 0 bridgehead atoms. The number of benzene rings is 2. The summed E-state index contributed by atoms with van der Waals surface area (Å²) in [4.78, 5) is 30.0. The second-order valence-corrected chi connectivity index (χ2v) is 16.0. The van der Waals surface area contributed by atoms with Gasteiger partial charge in [0.1, 0.15) is 37.9 Å². The number of carbonyl (C=O) groups is 2. The van der Waals surface area contributed by atoms with E-state index in [4.69, 9.17) is 61.0 Å². The van der Waals surface area contributed by atoms with Crippen molar-refractivity contribution < 1.29 is 52.5 Å². The van der Waals surface area contributed by atoms with Crippen LogP contribution in [-0.2, 0) is 9.47 Å². The van der Waals surface area contributed by atoms with Crippen LogP contribution >= 0.6 is 69.1 Å². The molecule has 0 radical (unpaired) electrons. The van der Waals surface area contributed by atoms with Crippen molar-refractivity contribution in [1.82, 2.24) is 4.90 Å². The Labute approximate surface area is 364 Å². The lowest BCUT2D eigenvalue weighted by molar-refractivity contribution is -0.411. The number of thiophene rings is 2. The van der Waals surface area contributed by atoms with Crippen molar-refractivity contribution in [3.05, 3.63) is 99.6 Å². The Hall–Kier alpha value is -3.39. The first-order valence-corrected chi connectivity index (χ1v) is 20.0. The molecule has 6 rings (SSSR count). The lowest BCUT2D eigenvalue weighted by Gasteiger charge is -2.28. The van der Waals surface area contributed by atoms with Gasteiger partial charge in [0, 0.05) is 44.4 Å². The molecule has 4 aromatic rings. The van der Waals surface area contributed by atoms with Gasteiger partial charge in [0.2, 0.25) is 0 Å². The number of hydrogen-bond acceptors (Lipinski definition) is 12. The van der Waals surface area contributed by atoms with E-state index in [0.29, 0.717) is 111 Å². The fraction of sp³-hybridized carbons (Fsp3) is 0.351. The number of rotatable bonds is 9. The van der Waals surface area contributed by atoms with Crippen molar-refractivity contribution >= 4 is 91.0 Å². The van der Waals surface area contributed by atoms with Gasteiger partial charge in [-0.25, -0.2) is 9.59 Å². The third kappa shape index (κ3) is 11.0. The number of carboxylic acids is 2.